The van der Waals surface area contributed by atoms with Crippen LogP contribution in [-0.2, 0) is 19.9 Å². The molecule has 1 aromatic rings. The largest absolute Gasteiger partial charge is 0.332 e. The molecule has 4 nitrogen and oxygen atoms in total. The van der Waals surface area contributed by atoms with E-state index in [9.17, 15) is 10.1 Å². The first kappa shape index (κ1) is 13.0. The lowest BCUT2D eigenvalue weighted by molar-refractivity contribution is -0.682. The van der Waals surface area contributed by atoms with Crippen LogP contribution in [0.4, 0.5) is 5.69 Å². The van der Waals surface area contributed by atoms with E-state index in [2.05, 4.69) is 0 Å². The molecule has 0 fully saturated rings. The third kappa shape index (κ3) is 3.06. The van der Waals surface area contributed by atoms with E-state index >= 15 is 0 Å². The predicted molar refractivity (Wildman–Crippen MR) is 69.4 cm³/mol. The number of aryl methyl sites for hydroxylation is 2. The maximum atomic E-state index is 10.9. The zero-order chi connectivity index (χ0) is 13.0. The highest BCUT2D eigenvalue weighted by atomic mass is 16.6. The van der Waals surface area contributed by atoms with Crippen molar-refractivity contribution >= 4 is 5.69 Å². The predicted octanol–water partition coefficient (Wildman–Crippen LogP) is 2.86. The molecule has 0 unspecified atom stereocenters. The van der Waals surface area contributed by atoms with Gasteiger partial charge in [-0.15, -0.1) is 0 Å². The second kappa shape index (κ2) is 5.94. The SMILES string of the molecule is C[n+]1cc([N+](=O)[O-])cc2c1CCCCCCCC2. The normalized spacial score (nSPS) is 16.9. The lowest BCUT2D eigenvalue weighted by Gasteiger charge is -2.10. The van der Waals surface area contributed by atoms with E-state index in [4.69, 9.17) is 0 Å². The number of pyridine rings is 1. The first-order valence-electron chi connectivity index (χ1n) is 6.84. The molecular formula is C14H21N2O2+. The van der Waals surface area contributed by atoms with Crippen LogP contribution in [0.3, 0.4) is 0 Å². The smallest absolute Gasteiger partial charge is 0.258 e. The molecule has 2 rings (SSSR count). The van der Waals surface area contributed by atoms with Crippen molar-refractivity contribution < 1.29 is 9.49 Å². The van der Waals surface area contributed by atoms with Crippen LogP contribution in [0.15, 0.2) is 12.3 Å². The lowest BCUT2D eigenvalue weighted by Crippen LogP contribution is -2.35. The highest BCUT2D eigenvalue weighted by Gasteiger charge is 2.20. The van der Waals surface area contributed by atoms with Gasteiger partial charge in [-0.2, -0.15) is 4.57 Å². The molecule has 0 aliphatic heterocycles. The summed E-state index contributed by atoms with van der Waals surface area (Å²) in [5.74, 6) is 0. The molecule has 0 saturated heterocycles. The van der Waals surface area contributed by atoms with Crippen LogP contribution in [0.25, 0.3) is 0 Å². The fraction of sp³-hybridized carbons (Fsp3) is 0.643. The van der Waals surface area contributed by atoms with E-state index in [1.54, 1.807) is 12.3 Å². The summed E-state index contributed by atoms with van der Waals surface area (Å²) < 4.78 is 1.95. The average molecular weight is 249 g/mol. The highest BCUT2D eigenvalue weighted by molar-refractivity contribution is 5.31. The second-order valence-corrected chi connectivity index (χ2v) is 5.16. The number of aromatic nitrogens is 1. The Morgan fingerprint density at radius 1 is 1.11 bits per heavy atom. The molecule has 4 heteroatoms. The summed E-state index contributed by atoms with van der Waals surface area (Å²) >= 11 is 0. The Labute approximate surface area is 108 Å². The van der Waals surface area contributed by atoms with Gasteiger partial charge in [0.25, 0.3) is 0 Å². The lowest BCUT2D eigenvalue weighted by atomic mass is 9.97. The van der Waals surface area contributed by atoms with Crippen LogP contribution in [0, 0.1) is 10.1 Å². The Hall–Kier alpha value is -1.45. The van der Waals surface area contributed by atoms with E-state index in [0.717, 1.165) is 19.3 Å². The number of hydrogen-bond donors (Lipinski definition) is 0. The molecule has 98 valence electrons. The van der Waals surface area contributed by atoms with Crippen molar-refractivity contribution in [2.45, 2.75) is 51.4 Å². The fourth-order valence-electron chi connectivity index (χ4n) is 2.77. The van der Waals surface area contributed by atoms with Crippen molar-refractivity contribution in [1.29, 1.82) is 0 Å². The first-order valence-corrected chi connectivity index (χ1v) is 6.84. The Kier molecular flexibility index (Phi) is 4.28. The molecule has 1 aliphatic carbocycles. The van der Waals surface area contributed by atoms with Crippen molar-refractivity contribution in [2.24, 2.45) is 7.05 Å². The van der Waals surface area contributed by atoms with E-state index in [-0.39, 0.29) is 10.6 Å². The molecule has 0 spiro atoms. The van der Waals surface area contributed by atoms with Gasteiger partial charge in [0.05, 0.1) is 4.92 Å². The number of fused-ring (bicyclic) bond motifs is 1. The first-order chi connectivity index (χ1) is 8.68. The van der Waals surface area contributed by atoms with Crippen LogP contribution in [-0.4, -0.2) is 4.92 Å². The van der Waals surface area contributed by atoms with E-state index in [1.807, 2.05) is 11.6 Å². The highest BCUT2D eigenvalue weighted by Crippen LogP contribution is 2.20. The monoisotopic (exact) mass is 249 g/mol. The van der Waals surface area contributed by atoms with Gasteiger partial charge < -0.3 is 0 Å². The number of rotatable bonds is 1. The molecular weight excluding hydrogens is 228 g/mol. The molecule has 1 aromatic heterocycles. The van der Waals surface area contributed by atoms with Gasteiger partial charge in [0.15, 0.2) is 5.69 Å². The summed E-state index contributed by atoms with van der Waals surface area (Å²) in [6.45, 7) is 0. The van der Waals surface area contributed by atoms with Crippen LogP contribution >= 0.6 is 0 Å². The summed E-state index contributed by atoms with van der Waals surface area (Å²) in [7, 11) is 1.93. The Morgan fingerprint density at radius 2 is 1.72 bits per heavy atom. The van der Waals surface area contributed by atoms with Crippen LogP contribution in [0.5, 0.6) is 0 Å². The maximum Gasteiger partial charge on any atom is 0.332 e. The molecule has 0 amide bonds. The average Bonchev–Trinajstić information content (AvgIpc) is 2.35. The minimum atomic E-state index is -0.293. The van der Waals surface area contributed by atoms with Gasteiger partial charge in [-0.3, -0.25) is 10.1 Å². The number of nitro groups is 1. The Bertz CT molecular complexity index is 444. The van der Waals surface area contributed by atoms with Crippen molar-refractivity contribution in [3.05, 3.63) is 33.6 Å². The summed E-state index contributed by atoms with van der Waals surface area (Å²) in [5, 5.41) is 10.9. The Balaban J connectivity index is 2.33. The van der Waals surface area contributed by atoms with Gasteiger partial charge in [0.1, 0.15) is 7.05 Å². The van der Waals surface area contributed by atoms with Crippen molar-refractivity contribution in [1.82, 2.24) is 0 Å². The fourth-order valence-corrected chi connectivity index (χ4v) is 2.77. The topological polar surface area (TPSA) is 47.0 Å². The van der Waals surface area contributed by atoms with Gasteiger partial charge in [0.2, 0.25) is 6.20 Å². The molecule has 1 aliphatic rings. The third-order valence-corrected chi connectivity index (χ3v) is 3.76. The minimum Gasteiger partial charge on any atom is -0.258 e. The summed E-state index contributed by atoms with van der Waals surface area (Å²) in [6, 6.07) is 1.77. The quantitative estimate of drug-likeness (QED) is 0.436. The summed E-state index contributed by atoms with van der Waals surface area (Å²) in [4.78, 5) is 10.6. The standard InChI is InChI=1S/C14H21N2O2/c1-15-11-13(16(17)18)10-12-8-6-4-2-3-5-7-9-14(12)15/h10-11H,2-9H2,1H3/q+1. The molecule has 0 radical (unpaired) electrons. The zero-order valence-electron chi connectivity index (χ0n) is 11.0. The molecule has 0 atom stereocenters. The van der Waals surface area contributed by atoms with Gasteiger partial charge in [-0.1, -0.05) is 25.7 Å². The summed E-state index contributed by atoms with van der Waals surface area (Å²) in [5.41, 5.74) is 2.67. The number of nitrogens with zero attached hydrogens (tertiary/aromatic N) is 2. The van der Waals surface area contributed by atoms with E-state index in [0.29, 0.717) is 0 Å². The molecule has 0 saturated carbocycles. The molecule has 0 bridgehead atoms. The van der Waals surface area contributed by atoms with Gasteiger partial charge >= 0.3 is 5.69 Å². The third-order valence-electron chi connectivity index (χ3n) is 3.76. The van der Waals surface area contributed by atoms with Gasteiger partial charge in [-0.05, 0) is 19.3 Å². The van der Waals surface area contributed by atoms with Crippen LogP contribution in [0.2, 0.25) is 0 Å². The minimum absolute atomic E-state index is 0.216. The van der Waals surface area contributed by atoms with Gasteiger partial charge in [0, 0.05) is 18.1 Å². The maximum absolute atomic E-state index is 10.9. The van der Waals surface area contributed by atoms with E-state index in [1.165, 1.54) is 43.4 Å². The van der Waals surface area contributed by atoms with Crippen LogP contribution < -0.4 is 4.57 Å². The summed E-state index contributed by atoms with van der Waals surface area (Å²) in [6.07, 6.45) is 11.1. The van der Waals surface area contributed by atoms with E-state index < -0.39 is 0 Å². The zero-order valence-corrected chi connectivity index (χ0v) is 11.0. The molecule has 18 heavy (non-hydrogen) atoms. The molecule has 1 heterocycles. The second-order valence-electron chi connectivity index (χ2n) is 5.16. The molecule has 0 aromatic carbocycles. The Morgan fingerprint density at radius 3 is 2.39 bits per heavy atom. The molecule has 0 N–H and O–H groups in total. The van der Waals surface area contributed by atoms with Crippen LogP contribution in [0.1, 0.15) is 49.8 Å². The number of hydrogen-bond acceptors (Lipinski definition) is 2. The van der Waals surface area contributed by atoms with Crippen molar-refractivity contribution in [2.75, 3.05) is 0 Å². The van der Waals surface area contributed by atoms with Crippen molar-refractivity contribution in [3.63, 3.8) is 0 Å². The van der Waals surface area contributed by atoms with Crippen molar-refractivity contribution in [3.8, 4) is 0 Å². The van der Waals surface area contributed by atoms with Gasteiger partial charge in [-0.25, -0.2) is 0 Å².